The number of carbonyl (C=O) groups is 4. The van der Waals surface area contributed by atoms with Crippen molar-refractivity contribution in [2.24, 2.45) is 0 Å². The third-order valence-electron chi connectivity index (χ3n) is 16.2. The first kappa shape index (κ1) is 79.9. The van der Waals surface area contributed by atoms with Crippen LogP contribution in [0.3, 0.4) is 0 Å². The van der Waals surface area contributed by atoms with E-state index in [4.69, 9.17) is 18.9 Å². The summed E-state index contributed by atoms with van der Waals surface area (Å²) < 4.78 is 20.9. The van der Waals surface area contributed by atoms with Gasteiger partial charge in [0.15, 0.2) is 0 Å². The Morgan fingerprint density at radius 2 is 0.263 bits per heavy atom. The van der Waals surface area contributed by atoms with Crippen molar-refractivity contribution in [2.75, 3.05) is 26.4 Å². The van der Waals surface area contributed by atoms with Crippen molar-refractivity contribution >= 4 is 23.9 Å². The molecule has 0 fully saturated rings. The molecule has 0 aromatic rings. The Balaban J connectivity index is 0. The third-order valence-corrected chi connectivity index (χ3v) is 16.2. The number of unbranched alkanes of at least 4 members (excludes halogenated alkanes) is 52. The summed E-state index contributed by atoms with van der Waals surface area (Å²) in [5.74, 6) is -0.660. The molecule has 80 heavy (non-hydrogen) atoms. The average Bonchev–Trinajstić information content (AvgIpc) is 3.45. The van der Waals surface area contributed by atoms with Crippen molar-refractivity contribution in [3.8, 4) is 0 Å². The van der Waals surface area contributed by atoms with Gasteiger partial charge >= 0.3 is 23.9 Å². The predicted octanol–water partition coefficient (Wildman–Crippen LogP) is 23.6. The standard InChI is InChI=1S/C38H74O4.C34H66O4/c1-3-5-7-9-11-13-15-17-19-21-23-25-27-29-31-33-37(39)41-35-36-42-38(40)34-32-30-28-26-24-22-20-18-16-14-12-10-8-6-4-2;1-3-5-7-9-11-13-15-17-19-21-23-25-27-29-33(35)37-31-32-38-34(36)30-28-26-24-22-20-18-16-14-12-10-8-6-4-2/h3-36H2,1-2H3;3-32H2,1-2H3. The van der Waals surface area contributed by atoms with Crippen LogP contribution in [0.5, 0.6) is 0 Å². The zero-order valence-corrected chi connectivity index (χ0v) is 54.5. The van der Waals surface area contributed by atoms with Gasteiger partial charge < -0.3 is 18.9 Å². The molecular formula is C72H140O8. The molecule has 0 radical (unpaired) electrons. The molecule has 0 unspecified atom stereocenters. The van der Waals surface area contributed by atoms with Crippen LogP contribution in [0.25, 0.3) is 0 Å². The first-order chi connectivity index (χ1) is 39.4. The maximum Gasteiger partial charge on any atom is 0.305 e. The molecule has 8 heteroatoms. The summed E-state index contributed by atoms with van der Waals surface area (Å²) in [5, 5.41) is 0. The first-order valence-electron chi connectivity index (χ1n) is 36.0. The van der Waals surface area contributed by atoms with Crippen molar-refractivity contribution < 1.29 is 38.1 Å². The molecular weight excluding hydrogens is 993 g/mol. The van der Waals surface area contributed by atoms with Gasteiger partial charge in [0.25, 0.3) is 0 Å². The highest BCUT2D eigenvalue weighted by atomic mass is 16.6. The van der Waals surface area contributed by atoms with Crippen molar-refractivity contribution in [2.45, 2.75) is 413 Å². The Kier molecular flexibility index (Phi) is 72.9. The molecule has 0 aliphatic rings. The number of rotatable bonds is 66. The van der Waals surface area contributed by atoms with Gasteiger partial charge in [-0.05, 0) is 25.7 Å². The van der Waals surface area contributed by atoms with Crippen molar-refractivity contribution in [1.82, 2.24) is 0 Å². The highest BCUT2D eigenvalue weighted by Gasteiger charge is 2.08. The van der Waals surface area contributed by atoms with Gasteiger partial charge in [-0.25, -0.2) is 0 Å². The largest absolute Gasteiger partial charge is 0.462 e. The number of ether oxygens (including phenoxy) is 4. The second kappa shape index (κ2) is 73.0. The Labute approximate surface area is 499 Å². The van der Waals surface area contributed by atoms with Gasteiger partial charge in [0.05, 0.1) is 0 Å². The highest BCUT2D eigenvalue weighted by Crippen LogP contribution is 2.18. The number of hydrogen-bond acceptors (Lipinski definition) is 8. The van der Waals surface area contributed by atoms with Gasteiger partial charge in [0, 0.05) is 25.7 Å². The van der Waals surface area contributed by atoms with Crippen molar-refractivity contribution in [1.29, 1.82) is 0 Å². The summed E-state index contributed by atoms with van der Waals surface area (Å²) in [5.41, 5.74) is 0. The maximum atomic E-state index is 11.9. The summed E-state index contributed by atoms with van der Waals surface area (Å²) in [6.45, 7) is 9.82. The van der Waals surface area contributed by atoms with E-state index in [0.29, 0.717) is 25.7 Å². The molecule has 0 aromatic heterocycles. The van der Waals surface area contributed by atoms with E-state index in [0.717, 1.165) is 51.4 Å². The van der Waals surface area contributed by atoms with Crippen LogP contribution in [-0.4, -0.2) is 50.3 Å². The van der Waals surface area contributed by atoms with Crippen LogP contribution >= 0.6 is 0 Å². The van der Waals surface area contributed by atoms with Crippen molar-refractivity contribution in [3.05, 3.63) is 0 Å². The second-order valence-corrected chi connectivity index (χ2v) is 24.3. The van der Waals surface area contributed by atoms with Crippen molar-refractivity contribution in [3.63, 3.8) is 0 Å². The lowest BCUT2D eigenvalue weighted by Crippen LogP contribution is -2.13. The summed E-state index contributed by atoms with van der Waals surface area (Å²) in [7, 11) is 0. The van der Waals surface area contributed by atoms with Crippen LogP contribution in [0, 0.1) is 0 Å². The molecule has 0 atom stereocenters. The van der Waals surface area contributed by atoms with E-state index in [1.165, 1.54) is 308 Å². The van der Waals surface area contributed by atoms with Gasteiger partial charge in [-0.15, -0.1) is 0 Å². The van der Waals surface area contributed by atoms with Gasteiger partial charge in [-0.1, -0.05) is 362 Å². The molecule has 8 nitrogen and oxygen atoms in total. The Morgan fingerprint density at radius 3 is 0.375 bits per heavy atom. The molecule has 0 aromatic carbocycles. The molecule has 0 spiro atoms. The fourth-order valence-electron chi connectivity index (χ4n) is 10.8. The van der Waals surface area contributed by atoms with E-state index in [1.54, 1.807) is 0 Å². The van der Waals surface area contributed by atoms with Gasteiger partial charge in [0.2, 0.25) is 0 Å². The summed E-state index contributed by atoms with van der Waals surface area (Å²) in [6, 6.07) is 0. The van der Waals surface area contributed by atoms with E-state index >= 15 is 0 Å². The van der Waals surface area contributed by atoms with Crippen LogP contribution in [0.2, 0.25) is 0 Å². The Morgan fingerprint density at radius 1 is 0.163 bits per heavy atom. The fourth-order valence-corrected chi connectivity index (χ4v) is 10.8. The minimum absolute atomic E-state index is 0.164. The van der Waals surface area contributed by atoms with E-state index < -0.39 is 0 Å². The molecule has 0 amide bonds. The van der Waals surface area contributed by atoms with E-state index in [9.17, 15) is 19.2 Å². The Hall–Kier alpha value is -2.12. The normalized spacial score (nSPS) is 11.2. The minimum Gasteiger partial charge on any atom is -0.462 e. The molecule has 0 saturated carbocycles. The molecule has 0 heterocycles. The zero-order valence-electron chi connectivity index (χ0n) is 54.5. The third kappa shape index (κ3) is 73.9. The molecule has 0 bridgehead atoms. The molecule has 0 aliphatic carbocycles. The van der Waals surface area contributed by atoms with Gasteiger partial charge in [0.1, 0.15) is 26.4 Å². The Bertz CT molecular complexity index is 1130. The average molecular weight is 1130 g/mol. The van der Waals surface area contributed by atoms with Crippen LogP contribution in [0.4, 0.5) is 0 Å². The summed E-state index contributed by atoms with van der Waals surface area (Å²) in [6.07, 6.45) is 75.2. The fraction of sp³-hybridized carbons (Fsp3) is 0.944. The monoisotopic (exact) mass is 1130 g/mol. The zero-order chi connectivity index (χ0) is 58.4. The summed E-state index contributed by atoms with van der Waals surface area (Å²) in [4.78, 5) is 47.4. The first-order valence-corrected chi connectivity index (χ1v) is 36.0. The second-order valence-electron chi connectivity index (χ2n) is 24.3. The number of esters is 4. The maximum absolute atomic E-state index is 11.9. The quantitative estimate of drug-likeness (QED) is 0.0337. The molecule has 0 saturated heterocycles. The highest BCUT2D eigenvalue weighted by molar-refractivity contribution is 5.70. The summed E-state index contributed by atoms with van der Waals surface area (Å²) >= 11 is 0. The van der Waals surface area contributed by atoms with Gasteiger partial charge in [-0.2, -0.15) is 0 Å². The lowest BCUT2D eigenvalue weighted by Gasteiger charge is -2.07. The van der Waals surface area contributed by atoms with Gasteiger partial charge in [-0.3, -0.25) is 19.2 Å². The smallest absolute Gasteiger partial charge is 0.305 e. The molecule has 0 rings (SSSR count). The van der Waals surface area contributed by atoms with Crippen LogP contribution < -0.4 is 0 Å². The molecule has 476 valence electrons. The minimum atomic E-state index is -0.166. The van der Waals surface area contributed by atoms with E-state index in [2.05, 4.69) is 27.7 Å². The topological polar surface area (TPSA) is 105 Å². The van der Waals surface area contributed by atoms with Crippen LogP contribution in [0.1, 0.15) is 413 Å². The lowest BCUT2D eigenvalue weighted by molar-refractivity contribution is -0.152. The SMILES string of the molecule is CCCCCCCCCCCCCCCC(=O)OCCOC(=O)CCCCCCCCCCCCCCC.CCCCCCCCCCCCCCCCCC(=O)OCCOC(=O)CCCCCCCCCCCCCCCCC. The molecule has 0 aliphatic heterocycles. The predicted molar refractivity (Wildman–Crippen MR) is 344 cm³/mol. The van der Waals surface area contributed by atoms with Crippen LogP contribution in [0.15, 0.2) is 0 Å². The lowest BCUT2D eigenvalue weighted by atomic mass is 10.0. The number of hydrogen-bond donors (Lipinski definition) is 0. The molecule has 0 N–H and O–H groups in total. The van der Waals surface area contributed by atoms with Crippen LogP contribution in [-0.2, 0) is 38.1 Å². The number of carbonyl (C=O) groups excluding carboxylic acids is 4. The van der Waals surface area contributed by atoms with E-state index in [-0.39, 0.29) is 50.3 Å². The van der Waals surface area contributed by atoms with E-state index in [1.807, 2.05) is 0 Å².